The van der Waals surface area contributed by atoms with Gasteiger partial charge in [0.25, 0.3) is 0 Å². The van der Waals surface area contributed by atoms with Gasteiger partial charge in [0.15, 0.2) is 0 Å². The molecule has 0 fully saturated rings. The van der Waals surface area contributed by atoms with Gasteiger partial charge >= 0.3 is 0 Å². The number of ether oxygens (including phenoxy) is 1. The van der Waals surface area contributed by atoms with Gasteiger partial charge in [-0.1, -0.05) is 30.3 Å². The van der Waals surface area contributed by atoms with Crippen molar-refractivity contribution in [1.29, 1.82) is 0 Å². The number of hydrogen-bond acceptors (Lipinski definition) is 2. The third kappa shape index (κ3) is 3.20. The fourth-order valence-electron chi connectivity index (χ4n) is 2.29. The lowest BCUT2D eigenvalue weighted by molar-refractivity contribution is 0.179. The highest BCUT2D eigenvalue weighted by molar-refractivity contribution is 5.35. The Morgan fingerprint density at radius 1 is 0.900 bits per heavy atom. The monoisotopic (exact) mass is 269 g/mol. The van der Waals surface area contributed by atoms with Crippen LogP contribution in [0.1, 0.15) is 35.3 Å². The quantitative estimate of drug-likeness (QED) is 0.907. The first kappa shape index (κ1) is 14.6. The van der Waals surface area contributed by atoms with Gasteiger partial charge in [0.1, 0.15) is 11.9 Å². The molecule has 0 saturated heterocycles. The van der Waals surface area contributed by atoms with Crippen LogP contribution in [0.3, 0.4) is 0 Å². The Balaban J connectivity index is 2.31. The van der Waals surface area contributed by atoms with Gasteiger partial charge in [0, 0.05) is 6.04 Å². The molecule has 20 heavy (non-hydrogen) atoms. The van der Waals surface area contributed by atoms with Crippen molar-refractivity contribution in [3.05, 3.63) is 64.7 Å². The Hall–Kier alpha value is -1.80. The van der Waals surface area contributed by atoms with Gasteiger partial charge in [-0.05, 0) is 62.1 Å². The van der Waals surface area contributed by atoms with E-state index in [4.69, 9.17) is 10.5 Å². The van der Waals surface area contributed by atoms with Crippen LogP contribution < -0.4 is 10.5 Å². The predicted octanol–water partition coefficient (Wildman–Crippen LogP) is 4.08. The zero-order valence-corrected chi connectivity index (χ0v) is 12.7. The molecule has 2 aromatic rings. The Labute approximate surface area is 121 Å². The number of aryl methyl sites for hydroxylation is 3. The Morgan fingerprint density at radius 2 is 1.60 bits per heavy atom. The molecule has 0 aliphatic heterocycles. The first-order valence-corrected chi connectivity index (χ1v) is 7.04. The number of benzene rings is 2. The Kier molecular flexibility index (Phi) is 4.46. The largest absolute Gasteiger partial charge is 0.484 e. The van der Waals surface area contributed by atoms with Crippen LogP contribution in [-0.4, -0.2) is 6.04 Å². The molecule has 0 spiro atoms. The first-order chi connectivity index (χ1) is 9.49. The summed E-state index contributed by atoms with van der Waals surface area (Å²) in [5, 5.41) is 0. The van der Waals surface area contributed by atoms with Gasteiger partial charge in [-0.15, -0.1) is 0 Å². The maximum absolute atomic E-state index is 6.15. The molecule has 0 bridgehead atoms. The Morgan fingerprint density at radius 3 is 2.20 bits per heavy atom. The van der Waals surface area contributed by atoms with Gasteiger partial charge in [-0.3, -0.25) is 0 Å². The summed E-state index contributed by atoms with van der Waals surface area (Å²) in [4.78, 5) is 0. The lowest BCUT2D eigenvalue weighted by Gasteiger charge is -2.24. The molecule has 2 unspecified atom stereocenters. The summed E-state index contributed by atoms with van der Waals surface area (Å²) in [6, 6.07) is 14.3. The normalized spacial score (nSPS) is 13.8. The predicted molar refractivity (Wildman–Crippen MR) is 84.1 cm³/mol. The highest BCUT2D eigenvalue weighted by atomic mass is 16.5. The van der Waals surface area contributed by atoms with Crippen LogP contribution in [0.25, 0.3) is 0 Å². The summed E-state index contributed by atoms with van der Waals surface area (Å²) in [7, 11) is 0. The molecule has 2 atom stereocenters. The Bertz CT molecular complexity index is 590. The van der Waals surface area contributed by atoms with Crippen molar-refractivity contribution in [2.45, 2.75) is 39.8 Å². The molecule has 0 aliphatic rings. The second kappa shape index (κ2) is 6.10. The molecule has 106 valence electrons. The summed E-state index contributed by atoms with van der Waals surface area (Å²) in [6.07, 6.45) is -0.127. The molecule has 0 amide bonds. The minimum Gasteiger partial charge on any atom is -0.484 e. The molecule has 0 aliphatic carbocycles. The average Bonchev–Trinajstić information content (AvgIpc) is 2.41. The molecule has 0 aromatic heterocycles. The molecular weight excluding hydrogens is 246 g/mol. The molecule has 2 aromatic carbocycles. The van der Waals surface area contributed by atoms with Crippen LogP contribution in [0.4, 0.5) is 0 Å². The zero-order valence-electron chi connectivity index (χ0n) is 12.7. The van der Waals surface area contributed by atoms with Crippen molar-refractivity contribution in [2.24, 2.45) is 5.73 Å². The van der Waals surface area contributed by atoms with Crippen LogP contribution in [0.2, 0.25) is 0 Å². The molecule has 2 rings (SSSR count). The van der Waals surface area contributed by atoms with Crippen molar-refractivity contribution < 1.29 is 4.74 Å². The van der Waals surface area contributed by atoms with E-state index in [1.54, 1.807) is 0 Å². The maximum atomic E-state index is 6.15. The van der Waals surface area contributed by atoms with Crippen molar-refractivity contribution >= 4 is 0 Å². The van der Waals surface area contributed by atoms with E-state index in [1.807, 2.05) is 25.1 Å². The first-order valence-electron chi connectivity index (χ1n) is 7.04. The summed E-state index contributed by atoms with van der Waals surface area (Å²) < 4.78 is 6.15. The van der Waals surface area contributed by atoms with E-state index in [1.165, 1.54) is 16.7 Å². The lowest BCUT2D eigenvalue weighted by atomic mass is 9.99. The standard InChI is InChI=1S/C18H23NO/c1-12-9-10-16(11-14(12)3)20-18(15(4)19)17-8-6-5-7-13(17)2/h5-11,15,18H,19H2,1-4H3. The highest BCUT2D eigenvalue weighted by Gasteiger charge is 2.20. The van der Waals surface area contributed by atoms with Gasteiger partial charge in [0.05, 0.1) is 0 Å². The van der Waals surface area contributed by atoms with Crippen molar-refractivity contribution in [3.63, 3.8) is 0 Å². The van der Waals surface area contributed by atoms with Crippen LogP contribution >= 0.6 is 0 Å². The molecule has 2 nitrogen and oxygen atoms in total. The van der Waals surface area contributed by atoms with E-state index in [-0.39, 0.29) is 12.1 Å². The third-order valence-electron chi connectivity index (χ3n) is 3.71. The topological polar surface area (TPSA) is 35.2 Å². The summed E-state index contributed by atoms with van der Waals surface area (Å²) >= 11 is 0. The maximum Gasteiger partial charge on any atom is 0.139 e. The smallest absolute Gasteiger partial charge is 0.139 e. The van der Waals surface area contributed by atoms with Gasteiger partial charge in [-0.25, -0.2) is 0 Å². The highest BCUT2D eigenvalue weighted by Crippen LogP contribution is 2.27. The van der Waals surface area contributed by atoms with E-state index in [0.717, 1.165) is 11.3 Å². The second-order valence-corrected chi connectivity index (χ2v) is 5.50. The number of hydrogen-bond donors (Lipinski definition) is 1. The van der Waals surface area contributed by atoms with Crippen LogP contribution in [0, 0.1) is 20.8 Å². The molecule has 0 radical (unpaired) electrons. The third-order valence-corrected chi connectivity index (χ3v) is 3.71. The van der Waals surface area contributed by atoms with Crippen molar-refractivity contribution in [3.8, 4) is 5.75 Å². The summed E-state index contributed by atoms with van der Waals surface area (Å²) in [6.45, 7) is 8.27. The fourth-order valence-corrected chi connectivity index (χ4v) is 2.29. The molecule has 2 N–H and O–H groups in total. The number of rotatable bonds is 4. The van der Waals surface area contributed by atoms with E-state index in [2.05, 4.69) is 45.0 Å². The SMILES string of the molecule is Cc1ccc(OC(c2ccccc2C)C(C)N)cc1C. The van der Waals surface area contributed by atoms with Gasteiger partial charge in [0.2, 0.25) is 0 Å². The lowest BCUT2D eigenvalue weighted by Crippen LogP contribution is -2.29. The molecule has 2 heteroatoms. The minimum atomic E-state index is -0.127. The molecule has 0 heterocycles. The van der Waals surface area contributed by atoms with Crippen molar-refractivity contribution in [1.82, 2.24) is 0 Å². The van der Waals surface area contributed by atoms with E-state index >= 15 is 0 Å². The number of nitrogens with two attached hydrogens (primary N) is 1. The van der Waals surface area contributed by atoms with E-state index in [0.29, 0.717) is 0 Å². The van der Waals surface area contributed by atoms with E-state index in [9.17, 15) is 0 Å². The average molecular weight is 269 g/mol. The molecular formula is C18H23NO. The summed E-state index contributed by atoms with van der Waals surface area (Å²) in [5.74, 6) is 0.874. The van der Waals surface area contributed by atoms with Gasteiger partial charge < -0.3 is 10.5 Å². The fraction of sp³-hybridized carbons (Fsp3) is 0.333. The zero-order chi connectivity index (χ0) is 14.7. The van der Waals surface area contributed by atoms with E-state index < -0.39 is 0 Å². The summed E-state index contributed by atoms with van der Waals surface area (Å²) in [5.41, 5.74) is 11.0. The molecule has 0 saturated carbocycles. The van der Waals surface area contributed by atoms with Crippen molar-refractivity contribution in [2.75, 3.05) is 0 Å². The minimum absolute atomic E-state index is 0.0716. The van der Waals surface area contributed by atoms with Crippen LogP contribution in [0.15, 0.2) is 42.5 Å². The van der Waals surface area contributed by atoms with Crippen LogP contribution in [-0.2, 0) is 0 Å². The van der Waals surface area contributed by atoms with Gasteiger partial charge in [-0.2, -0.15) is 0 Å². The second-order valence-electron chi connectivity index (χ2n) is 5.50. The van der Waals surface area contributed by atoms with Crippen LogP contribution in [0.5, 0.6) is 5.75 Å².